The molecule has 1 saturated heterocycles. The summed E-state index contributed by atoms with van der Waals surface area (Å²) in [6, 6.07) is 15.6. The number of anilines is 1. The lowest BCUT2D eigenvalue weighted by atomic mass is 9.86. The molecule has 1 fully saturated rings. The number of amides is 1. The van der Waals surface area contributed by atoms with E-state index in [2.05, 4.69) is 10.1 Å². The van der Waals surface area contributed by atoms with E-state index in [0.717, 1.165) is 36.3 Å². The molecule has 3 aromatic carbocycles. The first-order valence-electron chi connectivity index (χ1n) is 14.5. The Morgan fingerprint density at radius 3 is 2.59 bits per heavy atom. The van der Waals surface area contributed by atoms with Gasteiger partial charge in [-0.25, -0.2) is 9.18 Å². The molecular formula is C33H31ClFN3O6. The number of carbonyl (C=O) groups excluding carboxylic acids is 2. The van der Waals surface area contributed by atoms with Crippen LogP contribution in [0.15, 0.2) is 65.8 Å². The van der Waals surface area contributed by atoms with Gasteiger partial charge in [-0.15, -0.1) is 0 Å². The van der Waals surface area contributed by atoms with Crippen LogP contribution in [0.4, 0.5) is 10.1 Å². The standard InChI is InChI=1S/C33H31ClFN3O6/c1-43-21-12-14-37(18-21)27-7-3-4-23-22(27)13-15-38(31(23)28(39)16-19-8-10-20(11-9-19)33(41)42)32(40)29-17-26(36-44-29)24-5-2-6-25(34)30(24)35/h2-11,21,29,31H,12-18H2,1H3,(H,41,42)/t21-,29-,31+/m1/s1. The van der Waals surface area contributed by atoms with Gasteiger partial charge in [0.2, 0.25) is 6.10 Å². The summed E-state index contributed by atoms with van der Waals surface area (Å²) in [6.45, 7) is 1.84. The van der Waals surface area contributed by atoms with Crippen LogP contribution < -0.4 is 4.90 Å². The van der Waals surface area contributed by atoms with Gasteiger partial charge in [0.15, 0.2) is 11.6 Å². The number of Topliss-reactive ketones (excluding diaryl/α,β-unsaturated/α-hetero) is 1. The van der Waals surface area contributed by atoms with Crippen LogP contribution >= 0.6 is 11.6 Å². The van der Waals surface area contributed by atoms with Crippen molar-refractivity contribution in [3.63, 3.8) is 0 Å². The number of rotatable bonds is 8. The lowest BCUT2D eigenvalue weighted by Crippen LogP contribution is -2.48. The minimum absolute atomic E-state index is 0.00548. The number of hydrogen-bond donors (Lipinski definition) is 1. The van der Waals surface area contributed by atoms with Crippen molar-refractivity contribution in [3.8, 4) is 0 Å². The van der Waals surface area contributed by atoms with E-state index in [1.54, 1.807) is 30.2 Å². The zero-order chi connectivity index (χ0) is 31.0. The number of ketones is 1. The summed E-state index contributed by atoms with van der Waals surface area (Å²) in [6.07, 6.45) is 0.550. The minimum atomic E-state index is -1.05. The second-order valence-electron chi connectivity index (χ2n) is 11.2. The summed E-state index contributed by atoms with van der Waals surface area (Å²) in [5, 5.41) is 13.2. The topological polar surface area (TPSA) is 109 Å². The Morgan fingerprint density at radius 1 is 1.09 bits per heavy atom. The zero-order valence-electron chi connectivity index (χ0n) is 24.0. The van der Waals surface area contributed by atoms with Crippen LogP contribution in [0.2, 0.25) is 5.02 Å². The molecule has 6 rings (SSSR count). The number of halogens is 2. The van der Waals surface area contributed by atoms with Crippen molar-refractivity contribution in [2.75, 3.05) is 31.6 Å². The van der Waals surface area contributed by atoms with Gasteiger partial charge >= 0.3 is 5.97 Å². The lowest BCUT2D eigenvalue weighted by Gasteiger charge is -2.39. The molecule has 1 N–H and O–H groups in total. The number of oxime groups is 1. The van der Waals surface area contributed by atoms with Crippen molar-refractivity contribution in [1.82, 2.24) is 4.90 Å². The van der Waals surface area contributed by atoms with Gasteiger partial charge in [0, 0.05) is 50.8 Å². The van der Waals surface area contributed by atoms with Crippen molar-refractivity contribution in [1.29, 1.82) is 0 Å². The number of nitrogens with zero attached hydrogens (tertiary/aromatic N) is 3. The van der Waals surface area contributed by atoms with Crippen molar-refractivity contribution in [3.05, 3.63) is 99.3 Å². The molecule has 3 aliphatic rings. The van der Waals surface area contributed by atoms with Gasteiger partial charge in [0.05, 0.1) is 22.4 Å². The average molecular weight is 620 g/mol. The van der Waals surface area contributed by atoms with E-state index in [1.807, 2.05) is 18.2 Å². The molecule has 3 aliphatic heterocycles. The number of carbonyl (C=O) groups is 3. The number of benzene rings is 3. The van der Waals surface area contributed by atoms with E-state index in [4.69, 9.17) is 21.2 Å². The van der Waals surface area contributed by atoms with Crippen LogP contribution in [-0.4, -0.2) is 72.3 Å². The number of ether oxygens (including phenoxy) is 1. The molecule has 0 aliphatic carbocycles. The SMILES string of the molecule is CO[C@@H]1CCN(c2cccc3c2CCN(C(=O)[C@H]2CC(c4cccc(Cl)c4F)=NO2)[C@@H]3C(=O)Cc2ccc(C(=O)O)cc2)C1. The number of carboxylic acid groups (broad SMARTS) is 1. The molecule has 228 valence electrons. The molecule has 0 bridgehead atoms. The highest BCUT2D eigenvalue weighted by Gasteiger charge is 2.42. The summed E-state index contributed by atoms with van der Waals surface area (Å²) < 4.78 is 20.3. The maximum atomic E-state index is 14.7. The van der Waals surface area contributed by atoms with Gasteiger partial charge in [0.25, 0.3) is 5.91 Å². The summed E-state index contributed by atoms with van der Waals surface area (Å²) >= 11 is 5.96. The Bertz CT molecular complexity index is 1640. The molecule has 9 nitrogen and oxygen atoms in total. The van der Waals surface area contributed by atoms with Gasteiger partial charge < -0.3 is 24.5 Å². The van der Waals surface area contributed by atoms with E-state index in [-0.39, 0.29) is 53.1 Å². The summed E-state index contributed by atoms with van der Waals surface area (Å²) in [5.74, 6) is -2.32. The molecule has 0 spiro atoms. The molecule has 0 saturated carbocycles. The molecule has 3 atom stereocenters. The molecule has 1 amide bonds. The normalized spacial score (nSPS) is 21.1. The fourth-order valence-corrected chi connectivity index (χ4v) is 6.49. The third kappa shape index (κ3) is 5.67. The molecule has 0 unspecified atom stereocenters. The Balaban J connectivity index is 1.30. The first kappa shape index (κ1) is 29.8. The number of fused-ring (bicyclic) bond motifs is 1. The average Bonchev–Trinajstić information content (AvgIpc) is 3.72. The highest BCUT2D eigenvalue weighted by Crippen LogP contribution is 2.39. The first-order valence-corrected chi connectivity index (χ1v) is 14.8. The Morgan fingerprint density at radius 2 is 1.86 bits per heavy atom. The van der Waals surface area contributed by atoms with Gasteiger partial charge in [0.1, 0.15) is 6.04 Å². The first-order chi connectivity index (χ1) is 21.2. The van der Waals surface area contributed by atoms with E-state index < -0.39 is 29.8 Å². The van der Waals surface area contributed by atoms with Gasteiger partial charge in [-0.1, -0.05) is 47.1 Å². The largest absolute Gasteiger partial charge is 0.478 e. The predicted octanol–water partition coefficient (Wildman–Crippen LogP) is 4.83. The molecule has 11 heteroatoms. The Hall–Kier alpha value is -4.28. The maximum Gasteiger partial charge on any atom is 0.335 e. The smallest absolute Gasteiger partial charge is 0.335 e. The van der Waals surface area contributed by atoms with Crippen LogP contribution in [0.3, 0.4) is 0 Å². The second kappa shape index (κ2) is 12.4. The van der Waals surface area contributed by atoms with Crippen molar-refractivity contribution >= 4 is 40.7 Å². The molecule has 0 aromatic heterocycles. The van der Waals surface area contributed by atoms with Crippen LogP contribution in [0, 0.1) is 5.82 Å². The van der Waals surface area contributed by atoms with Crippen LogP contribution in [-0.2, 0) is 32.0 Å². The number of carboxylic acids is 1. The van der Waals surface area contributed by atoms with Crippen LogP contribution in [0.25, 0.3) is 0 Å². The van der Waals surface area contributed by atoms with E-state index >= 15 is 0 Å². The third-order valence-electron chi connectivity index (χ3n) is 8.59. The van der Waals surface area contributed by atoms with Crippen molar-refractivity contribution in [2.45, 2.75) is 43.9 Å². The summed E-state index contributed by atoms with van der Waals surface area (Å²) in [5.41, 5.74) is 3.98. The molecule has 0 radical (unpaired) electrons. The molecule has 3 aromatic rings. The molecular weight excluding hydrogens is 589 g/mol. The monoisotopic (exact) mass is 619 g/mol. The predicted molar refractivity (Wildman–Crippen MR) is 162 cm³/mol. The van der Waals surface area contributed by atoms with Gasteiger partial charge in [-0.2, -0.15) is 0 Å². The quantitative estimate of drug-likeness (QED) is 0.385. The van der Waals surface area contributed by atoms with E-state index in [1.165, 1.54) is 24.3 Å². The minimum Gasteiger partial charge on any atom is -0.478 e. The van der Waals surface area contributed by atoms with E-state index in [0.29, 0.717) is 12.0 Å². The number of aromatic carboxylic acids is 1. The van der Waals surface area contributed by atoms with Crippen molar-refractivity contribution in [2.24, 2.45) is 5.16 Å². The van der Waals surface area contributed by atoms with Gasteiger partial charge in [-0.05, 0) is 59.9 Å². The number of methoxy groups -OCH3 is 1. The summed E-state index contributed by atoms with van der Waals surface area (Å²) in [7, 11) is 1.71. The second-order valence-corrected chi connectivity index (χ2v) is 11.6. The van der Waals surface area contributed by atoms with Gasteiger partial charge in [-0.3, -0.25) is 9.59 Å². The highest BCUT2D eigenvalue weighted by atomic mass is 35.5. The van der Waals surface area contributed by atoms with Crippen LogP contribution in [0.5, 0.6) is 0 Å². The molecule has 44 heavy (non-hydrogen) atoms. The fourth-order valence-electron chi connectivity index (χ4n) is 6.31. The number of hydrogen-bond acceptors (Lipinski definition) is 7. The zero-order valence-corrected chi connectivity index (χ0v) is 24.8. The fraction of sp³-hybridized carbons (Fsp3) is 0.333. The Labute approximate surface area is 258 Å². The molecule has 3 heterocycles. The van der Waals surface area contributed by atoms with E-state index in [9.17, 15) is 23.9 Å². The van der Waals surface area contributed by atoms with Crippen LogP contribution in [0.1, 0.15) is 51.5 Å². The highest BCUT2D eigenvalue weighted by molar-refractivity contribution is 6.31. The summed E-state index contributed by atoms with van der Waals surface area (Å²) in [4.78, 5) is 48.8. The Kier molecular flexibility index (Phi) is 8.38. The maximum absolute atomic E-state index is 14.7. The third-order valence-corrected chi connectivity index (χ3v) is 8.88. The lowest BCUT2D eigenvalue weighted by molar-refractivity contribution is -0.149. The van der Waals surface area contributed by atoms with Crippen molar-refractivity contribution < 1.29 is 33.5 Å².